The Hall–Kier alpha value is -0.600. The molecule has 0 spiro atoms. The molecule has 1 nitrogen and oxygen atoms in total. The van der Waals surface area contributed by atoms with Crippen molar-refractivity contribution < 1.29 is 4.39 Å². The first-order valence-corrected chi connectivity index (χ1v) is 6.55. The van der Waals surface area contributed by atoms with Gasteiger partial charge in [0.25, 0.3) is 0 Å². The third kappa shape index (κ3) is 3.20. The monoisotopic (exact) mass is 255 g/mol. The average molecular weight is 256 g/mol. The number of benzene rings is 1. The molecule has 1 saturated carbocycles. The molecular formula is C14H19ClFN. The Morgan fingerprint density at radius 3 is 2.59 bits per heavy atom. The van der Waals surface area contributed by atoms with E-state index in [1.807, 2.05) is 6.07 Å². The van der Waals surface area contributed by atoms with Crippen LogP contribution in [0.15, 0.2) is 18.2 Å². The van der Waals surface area contributed by atoms with Gasteiger partial charge in [-0.05, 0) is 47.9 Å². The largest absolute Gasteiger partial charge is 0.312 e. The Bertz CT molecular complexity index is 379. The third-order valence-corrected chi connectivity index (χ3v) is 4.06. The fraction of sp³-hybridized carbons (Fsp3) is 0.571. The summed E-state index contributed by atoms with van der Waals surface area (Å²) in [6.45, 7) is 6.24. The van der Waals surface area contributed by atoms with Crippen LogP contribution in [0.4, 0.5) is 4.39 Å². The zero-order valence-corrected chi connectivity index (χ0v) is 11.1. The van der Waals surface area contributed by atoms with Crippen LogP contribution in [0.3, 0.4) is 0 Å². The van der Waals surface area contributed by atoms with E-state index in [-0.39, 0.29) is 5.82 Å². The molecule has 2 rings (SSSR count). The van der Waals surface area contributed by atoms with E-state index >= 15 is 0 Å². The van der Waals surface area contributed by atoms with Gasteiger partial charge in [-0.15, -0.1) is 0 Å². The minimum Gasteiger partial charge on any atom is -0.312 e. The molecule has 17 heavy (non-hydrogen) atoms. The summed E-state index contributed by atoms with van der Waals surface area (Å²) >= 11 is 5.81. The maximum absolute atomic E-state index is 13.1. The highest BCUT2D eigenvalue weighted by molar-refractivity contribution is 6.30. The molecule has 1 aromatic carbocycles. The molecular weight excluding hydrogens is 237 g/mol. The van der Waals surface area contributed by atoms with Gasteiger partial charge in [-0.3, -0.25) is 0 Å². The SMILES string of the molecule is CC(C)C1(CNCc2cc(F)cc(Cl)c2)CC1. The van der Waals surface area contributed by atoms with Crippen LogP contribution >= 0.6 is 11.6 Å². The van der Waals surface area contributed by atoms with Crippen molar-refractivity contribution in [2.75, 3.05) is 6.54 Å². The lowest BCUT2D eigenvalue weighted by Crippen LogP contribution is -2.27. The fourth-order valence-corrected chi connectivity index (χ4v) is 2.53. The first-order chi connectivity index (χ1) is 8.02. The molecule has 0 aromatic heterocycles. The number of halogens is 2. The summed E-state index contributed by atoms with van der Waals surface area (Å²) in [5.41, 5.74) is 1.39. The molecule has 0 bridgehead atoms. The first kappa shape index (κ1) is 12.8. The predicted molar refractivity (Wildman–Crippen MR) is 69.6 cm³/mol. The van der Waals surface area contributed by atoms with Gasteiger partial charge in [0.1, 0.15) is 5.82 Å². The first-order valence-electron chi connectivity index (χ1n) is 6.17. The van der Waals surface area contributed by atoms with E-state index in [2.05, 4.69) is 19.2 Å². The molecule has 0 saturated heterocycles. The summed E-state index contributed by atoms with van der Waals surface area (Å²) in [5, 5.41) is 3.88. The van der Waals surface area contributed by atoms with Crippen molar-refractivity contribution in [1.29, 1.82) is 0 Å². The second-order valence-electron chi connectivity index (χ2n) is 5.40. The van der Waals surface area contributed by atoms with E-state index in [0.717, 1.165) is 12.1 Å². The lowest BCUT2D eigenvalue weighted by molar-refractivity contribution is 0.337. The summed E-state index contributed by atoms with van der Waals surface area (Å²) in [6, 6.07) is 4.68. The second kappa shape index (κ2) is 4.95. The fourth-order valence-electron chi connectivity index (χ4n) is 2.29. The Labute approximate surface area is 107 Å². The highest BCUT2D eigenvalue weighted by Crippen LogP contribution is 2.51. The Kier molecular flexibility index (Phi) is 3.74. The lowest BCUT2D eigenvalue weighted by atomic mass is 9.92. The van der Waals surface area contributed by atoms with Crippen molar-refractivity contribution in [3.63, 3.8) is 0 Å². The Balaban J connectivity index is 1.86. The van der Waals surface area contributed by atoms with Crippen molar-refractivity contribution in [2.24, 2.45) is 11.3 Å². The normalized spacial score (nSPS) is 17.5. The summed E-state index contributed by atoms with van der Waals surface area (Å²) in [7, 11) is 0. The summed E-state index contributed by atoms with van der Waals surface area (Å²) < 4.78 is 13.1. The standard InChI is InChI=1S/C14H19ClFN/c1-10(2)14(3-4-14)9-17-8-11-5-12(15)7-13(16)6-11/h5-7,10,17H,3-4,8-9H2,1-2H3. The van der Waals surface area contributed by atoms with Gasteiger partial charge < -0.3 is 5.32 Å². The van der Waals surface area contributed by atoms with Gasteiger partial charge in [0.05, 0.1) is 0 Å². The van der Waals surface area contributed by atoms with E-state index in [4.69, 9.17) is 11.6 Å². The van der Waals surface area contributed by atoms with Crippen molar-refractivity contribution in [2.45, 2.75) is 33.2 Å². The lowest BCUT2D eigenvalue weighted by Gasteiger charge is -2.20. The number of hydrogen-bond acceptors (Lipinski definition) is 1. The van der Waals surface area contributed by atoms with Crippen LogP contribution < -0.4 is 5.32 Å². The molecule has 1 aromatic rings. The molecule has 0 radical (unpaired) electrons. The van der Waals surface area contributed by atoms with Gasteiger partial charge in [-0.1, -0.05) is 25.4 Å². The molecule has 3 heteroatoms. The van der Waals surface area contributed by atoms with Crippen LogP contribution in [0.25, 0.3) is 0 Å². The third-order valence-electron chi connectivity index (χ3n) is 3.85. The van der Waals surface area contributed by atoms with Gasteiger partial charge in [0.15, 0.2) is 0 Å². The molecule has 0 amide bonds. The quantitative estimate of drug-likeness (QED) is 0.839. The zero-order chi connectivity index (χ0) is 12.5. The van der Waals surface area contributed by atoms with E-state index in [0.29, 0.717) is 22.9 Å². The molecule has 1 N–H and O–H groups in total. The van der Waals surface area contributed by atoms with Crippen molar-refractivity contribution in [3.8, 4) is 0 Å². The maximum Gasteiger partial charge on any atom is 0.125 e. The van der Waals surface area contributed by atoms with Gasteiger partial charge >= 0.3 is 0 Å². The minimum atomic E-state index is -0.265. The summed E-state index contributed by atoms with van der Waals surface area (Å²) in [5.74, 6) is 0.449. The van der Waals surface area contributed by atoms with Gasteiger partial charge in [0, 0.05) is 18.1 Å². The molecule has 94 valence electrons. The molecule has 1 aliphatic carbocycles. The highest BCUT2D eigenvalue weighted by Gasteiger charge is 2.44. The molecule has 1 fully saturated rings. The number of nitrogens with one attached hydrogen (secondary N) is 1. The van der Waals surface area contributed by atoms with Crippen LogP contribution in [-0.2, 0) is 6.54 Å². The van der Waals surface area contributed by atoms with Gasteiger partial charge in [0.2, 0.25) is 0 Å². The topological polar surface area (TPSA) is 12.0 Å². The highest BCUT2D eigenvalue weighted by atomic mass is 35.5. The van der Waals surface area contributed by atoms with Gasteiger partial charge in [-0.25, -0.2) is 4.39 Å². The molecule has 0 atom stereocenters. The average Bonchev–Trinajstić information content (AvgIpc) is 2.97. The van der Waals surface area contributed by atoms with Crippen LogP contribution in [0.2, 0.25) is 5.02 Å². The van der Waals surface area contributed by atoms with E-state index in [9.17, 15) is 4.39 Å². The van der Waals surface area contributed by atoms with Crippen LogP contribution in [0.5, 0.6) is 0 Å². The summed E-state index contributed by atoms with van der Waals surface area (Å²) in [4.78, 5) is 0. The summed E-state index contributed by atoms with van der Waals surface area (Å²) in [6.07, 6.45) is 2.61. The van der Waals surface area contributed by atoms with Gasteiger partial charge in [-0.2, -0.15) is 0 Å². The minimum absolute atomic E-state index is 0.265. The maximum atomic E-state index is 13.1. The van der Waals surface area contributed by atoms with E-state index in [1.54, 1.807) is 0 Å². The Morgan fingerprint density at radius 1 is 1.35 bits per heavy atom. The van der Waals surface area contributed by atoms with Crippen molar-refractivity contribution >= 4 is 11.6 Å². The molecule has 0 aliphatic heterocycles. The number of hydrogen-bond donors (Lipinski definition) is 1. The van der Waals surface area contributed by atoms with Crippen molar-refractivity contribution in [1.82, 2.24) is 5.32 Å². The molecule has 1 aliphatic rings. The van der Waals surface area contributed by atoms with Crippen LogP contribution in [0, 0.1) is 17.2 Å². The smallest absolute Gasteiger partial charge is 0.125 e. The molecule has 0 heterocycles. The second-order valence-corrected chi connectivity index (χ2v) is 5.83. The van der Waals surface area contributed by atoms with Crippen molar-refractivity contribution in [3.05, 3.63) is 34.6 Å². The Morgan fingerprint density at radius 2 is 2.06 bits per heavy atom. The van der Waals surface area contributed by atoms with E-state index in [1.165, 1.54) is 25.0 Å². The van der Waals surface area contributed by atoms with Crippen LogP contribution in [0.1, 0.15) is 32.3 Å². The number of rotatable bonds is 5. The molecule has 0 unspecified atom stereocenters. The van der Waals surface area contributed by atoms with E-state index < -0.39 is 0 Å². The predicted octanol–water partition coefficient (Wildman–Crippen LogP) is 4.00. The van der Waals surface area contributed by atoms with Crippen LogP contribution in [-0.4, -0.2) is 6.54 Å². The zero-order valence-electron chi connectivity index (χ0n) is 10.4.